The number of nitrogens with one attached hydrogen (secondary N) is 1. The Kier molecular flexibility index (Phi) is 5.77. The second-order valence-electron chi connectivity index (χ2n) is 6.12. The zero-order valence-electron chi connectivity index (χ0n) is 15.8. The number of carbonyl (C=O) groups excluding carboxylic acids is 1. The SMILES string of the molecule is CCc1ccc(-c2ccc(C(=O)Nc3c(OC)cccc3OC)cc2)cc1. The molecular weight excluding hydrogens is 338 g/mol. The van der Waals surface area contributed by atoms with Crippen LogP contribution in [0.15, 0.2) is 66.7 Å². The molecule has 0 saturated heterocycles. The monoisotopic (exact) mass is 361 g/mol. The van der Waals surface area contributed by atoms with Gasteiger partial charge < -0.3 is 14.8 Å². The molecule has 0 spiro atoms. The molecule has 3 aromatic carbocycles. The van der Waals surface area contributed by atoms with Crippen LogP contribution in [0.25, 0.3) is 11.1 Å². The molecule has 27 heavy (non-hydrogen) atoms. The van der Waals surface area contributed by atoms with Crippen molar-refractivity contribution in [3.8, 4) is 22.6 Å². The molecule has 0 aliphatic carbocycles. The normalized spacial score (nSPS) is 10.3. The third kappa shape index (κ3) is 4.11. The second kappa shape index (κ2) is 8.41. The number of hydrogen-bond acceptors (Lipinski definition) is 3. The number of rotatable bonds is 6. The molecule has 0 aromatic heterocycles. The van der Waals surface area contributed by atoms with Gasteiger partial charge in [0, 0.05) is 5.56 Å². The average molecular weight is 361 g/mol. The van der Waals surface area contributed by atoms with Gasteiger partial charge >= 0.3 is 0 Å². The number of methoxy groups -OCH3 is 2. The lowest BCUT2D eigenvalue weighted by molar-refractivity contribution is 0.102. The minimum absolute atomic E-state index is 0.217. The van der Waals surface area contributed by atoms with Gasteiger partial charge in [-0.25, -0.2) is 0 Å². The molecule has 3 aromatic rings. The smallest absolute Gasteiger partial charge is 0.255 e. The predicted octanol–water partition coefficient (Wildman–Crippen LogP) is 5.19. The molecule has 0 unspecified atom stereocenters. The van der Waals surface area contributed by atoms with Crippen LogP contribution >= 0.6 is 0 Å². The van der Waals surface area contributed by atoms with Gasteiger partial charge in [-0.1, -0.05) is 49.4 Å². The Bertz CT molecular complexity index is 893. The van der Waals surface area contributed by atoms with E-state index in [-0.39, 0.29) is 5.91 Å². The van der Waals surface area contributed by atoms with Gasteiger partial charge in [0.25, 0.3) is 5.91 Å². The van der Waals surface area contributed by atoms with Gasteiger partial charge in [0.1, 0.15) is 17.2 Å². The Morgan fingerprint density at radius 3 is 1.81 bits per heavy atom. The van der Waals surface area contributed by atoms with Crippen molar-refractivity contribution in [3.05, 3.63) is 77.9 Å². The standard InChI is InChI=1S/C23H23NO3/c1-4-16-8-10-17(11-9-16)18-12-14-19(15-13-18)23(25)24-22-20(26-2)6-5-7-21(22)27-3/h5-15H,4H2,1-3H3,(H,24,25). The highest BCUT2D eigenvalue weighted by Gasteiger charge is 2.14. The number of carbonyl (C=O) groups is 1. The summed E-state index contributed by atoms with van der Waals surface area (Å²) >= 11 is 0. The number of hydrogen-bond donors (Lipinski definition) is 1. The van der Waals surface area contributed by atoms with Crippen LogP contribution in [-0.4, -0.2) is 20.1 Å². The molecule has 1 amide bonds. The first kappa shape index (κ1) is 18.5. The minimum Gasteiger partial charge on any atom is -0.494 e. The van der Waals surface area contributed by atoms with Crippen molar-refractivity contribution >= 4 is 11.6 Å². The van der Waals surface area contributed by atoms with Crippen molar-refractivity contribution in [2.45, 2.75) is 13.3 Å². The first-order chi connectivity index (χ1) is 13.2. The summed E-state index contributed by atoms with van der Waals surface area (Å²) in [4.78, 5) is 12.7. The third-order valence-corrected chi connectivity index (χ3v) is 4.51. The fourth-order valence-electron chi connectivity index (χ4n) is 2.91. The van der Waals surface area contributed by atoms with Gasteiger partial charge in [-0.3, -0.25) is 4.79 Å². The third-order valence-electron chi connectivity index (χ3n) is 4.51. The van der Waals surface area contributed by atoms with Gasteiger partial charge in [-0.2, -0.15) is 0 Å². The lowest BCUT2D eigenvalue weighted by Gasteiger charge is -2.14. The Morgan fingerprint density at radius 2 is 1.33 bits per heavy atom. The van der Waals surface area contributed by atoms with Crippen LogP contribution in [0.1, 0.15) is 22.8 Å². The number of ether oxygens (including phenoxy) is 2. The zero-order valence-corrected chi connectivity index (χ0v) is 15.8. The Labute approximate surface area is 159 Å². The van der Waals surface area contributed by atoms with Gasteiger partial charge in [0.15, 0.2) is 0 Å². The summed E-state index contributed by atoms with van der Waals surface area (Å²) in [5.41, 5.74) is 4.60. The summed E-state index contributed by atoms with van der Waals surface area (Å²) in [7, 11) is 3.12. The van der Waals surface area contributed by atoms with Crippen molar-refractivity contribution in [3.63, 3.8) is 0 Å². The molecule has 0 fully saturated rings. The molecule has 4 heteroatoms. The maximum Gasteiger partial charge on any atom is 0.255 e. The highest BCUT2D eigenvalue weighted by atomic mass is 16.5. The van der Waals surface area contributed by atoms with Crippen LogP contribution in [0, 0.1) is 0 Å². The fraction of sp³-hybridized carbons (Fsp3) is 0.174. The molecular formula is C23H23NO3. The predicted molar refractivity (Wildman–Crippen MR) is 109 cm³/mol. The number of amides is 1. The molecule has 138 valence electrons. The number of para-hydroxylation sites is 1. The molecule has 3 rings (SSSR count). The summed E-state index contributed by atoms with van der Waals surface area (Å²) in [6, 6.07) is 21.4. The lowest BCUT2D eigenvalue weighted by atomic mass is 10.0. The first-order valence-electron chi connectivity index (χ1n) is 8.88. The van der Waals surface area contributed by atoms with E-state index < -0.39 is 0 Å². The highest BCUT2D eigenvalue weighted by Crippen LogP contribution is 2.34. The van der Waals surface area contributed by atoms with Crippen molar-refractivity contribution in [1.29, 1.82) is 0 Å². The second-order valence-corrected chi connectivity index (χ2v) is 6.12. The molecule has 1 N–H and O–H groups in total. The van der Waals surface area contributed by atoms with Crippen molar-refractivity contribution in [1.82, 2.24) is 0 Å². The quantitative estimate of drug-likeness (QED) is 0.658. The number of aryl methyl sites for hydroxylation is 1. The van der Waals surface area contributed by atoms with Crippen LogP contribution in [0.2, 0.25) is 0 Å². The van der Waals surface area contributed by atoms with Crippen molar-refractivity contribution < 1.29 is 14.3 Å². The van der Waals surface area contributed by atoms with E-state index in [1.54, 1.807) is 26.4 Å². The van der Waals surface area contributed by atoms with Crippen molar-refractivity contribution in [2.24, 2.45) is 0 Å². The molecule has 0 atom stereocenters. The van der Waals surface area contributed by atoms with E-state index in [4.69, 9.17) is 9.47 Å². The van der Waals surface area contributed by atoms with Crippen LogP contribution in [0.3, 0.4) is 0 Å². The average Bonchev–Trinajstić information content (AvgIpc) is 2.74. The summed E-state index contributed by atoms with van der Waals surface area (Å²) < 4.78 is 10.7. The number of benzene rings is 3. The molecule has 0 aliphatic rings. The molecule has 0 aliphatic heterocycles. The van der Waals surface area contributed by atoms with Gasteiger partial charge in [-0.05, 0) is 47.4 Å². The van der Waals surface area contributed by atoms with E-state index in [1.807, 2.05) is 30.3 Å². The molecule has 0 radical (unpaired) electrons. The summed E-state index contributed by atoms with van der Waals surface area (Å²) in [5.74, 6) is 0.886. The van der Waals surface area contributed by atoms with Crippen molar-refractivity contribution in [2.75, 3.05) is 19.5 Å². The molecule has 4 nitrogen and oxygen atoms in total. The van der Waals surface area contributed by atoms with E-state index >= 15 is 0 Å². The molecule has 0 saturated carbocycles. The van der Waals surface area contributed by atoms with Crippen LogP contribution < -0.4 is 14.8 Å². The van der Waals surface area contributed by atoms with E-state index in [0.29, 0.717) is 22.7 Å². The van der Waals surface area contributed by atoms with E-state index in [2.05, 4.69) is 36.5 Å². The minimum atomic E-state index is -0.217. The lowest BCUT2D eigenvalue weighted by Crippen LogP contribution is -2.13. The fourth-order valence-corrected chi connectivity index (χ4v) is 2.91. The largest absolute Gasteiger partial charge is 0.494 e. The summed E-state index contributed by atoms with van der Waals surface area (Å²) in [5, 5.41) is 2.88. The van der Waals surface area contributed by atoms with Crippen LogP contribution in [0.5, 0.6) is 11.5 Å². The van der Waals surface area contributed by atoms with E-state index in [0.717, 1.165) is 17.5 Å². The van der Waals surface area contributed by atoms with Gasteiger partial charge in [-0.15, -0.1) is 0 Å². The highest BCUT2D eigenvalue weighted by molar-refractivity contribution is 6.06. The van der Waals surface area contributed by atoms with Crippen LogP contribution in [0.4, 0.5) is 5.69 Å². The Balaban J connectivity index is 1.80. The first-order valence-corrected chi connectivity index (χ1v) is 8.88. The maximum atomic E-state index is 12.7. The summed E-state index contributed by atoms with van der Waals surface area (Å²) in [6.45, 7) is 2.14. The van der Waals surface area contributed by atoms with Gasteiger partial charge in [0.2, 0.25) is 0 Å². The van der Waals surface area contributed by atoms with E-state index in [9.17, 15) is 4.79 Å². The molecule has 0 bridgehead atoms. The van der Waals surface area contributed by atoms with E-state index in [1.165, 1.54) is 5.56 Å². The Morgan fingerprint density at radius 1 is 0.815 bits per heavy atom. The molecule has 0 heterocycles. The Hall–Kier alpha value is -3.27. The summed E-state index contributed by atoms with van der Waals surface area (Å²) in [6.07, 6.45) is 1.02. The maximum absolute atomic E-state index is 12.7. The zero-order chi connectivity index (χ0) is 19.2. The van der Waals surface area contributed by atoms with Crippen LogP contribution in [-0.2, 0) is 6.42 Å². The number of anilines is 1. The topological polar surface area (TPSA) is 47.6 Å². The van der Waals surface area contributed by atoms with Gasteiger partial charge in [0.05, 0.1) is 14.2 Å².